The zero-order chi connectivity index (χ0) is 12.6. The molecule has 2 rings (SSSR count). The first-order chi connectivity index (χ1) is 8.04. The second kappa shape index (κ2) is 4.63. The first-order valence-corrected chi connectivity index (χ1v) is 5.98. The number of benzene rings is 1. The molecule has 94 valence electrons. The van der Waals surface area contributed by atoms with Gasteiger partial charge in [0, 0.05) is 30.7 Å². The van der Waals surface area contributed by atoms with E-state index in [1.165, 1.54) is 12.1 Å². The van der Waals surface area contributed by atoms with Crippen LogP contribution in [0.1, 0.15) is 25.3 Å². The summed E-state index contributed by atoms with van der Waals surface area (Å²) >= 11 is 0. The van der Waals surface area contributed by atoms with Crippen LogP contribution in [0.3, 0.4) is 0 Å². The lowest BCUT2D eigenvalue weighted by atomic mass is 9.95. The molecule has 17 heavy (non-hydrogen) atoms. The average molecular weight is 238 g/mol. The highest BCUT2D eigenvalue weighted by Crippen LogP contribution is 2.39. The Morgan fingerprint density at radius 1 is 1.53 bits per heavy atom. The molecule has 2 unspecified atom stereocenters. The van der Waals surface area contributed by atoms with Crippen molar-refractivity contribution in [2.75, 3.05) is 18.0 Å². The molecular formula is C13H19FN2O. The van der Waals surface area contributed by atoms with E-state index < -0.39 is 6.10 Å². The van der Waals surface area contributed by atoms with E-state index in [-0.39, 0.29) is 18.3 Å². The van der Waals surface area contributed by atoms with E-state index in [0.29, 0.717) is 12.6 Å². The third kappa shape index (κ3) is 2.15. The predicted molar refractivity (Wildman–Crippen MR) is 66.7 cm³/mol. The van der Waals surface area contributed by atoms with Crippen LogP contribution in [0.25, 0.3) is 0 Å². The van der Waals surface area contributed by atoms with Crippen molar-refractivity contribution in [3.63, 3.8) is 0 Å². The standard InChI is InChI=1S/C13H19FN2O/c1-8(2)16-7-11(13(17)6-15)10-5-9(14)3-4-12(10)16/h3-5,8,11,13,17H,6-7,15H2,1-2H3. The van der Waals surface area contributed by atoms with Crippen LogP contribution in [0.5, 0.6) is 0 Å². The summed E-state index contributed by atoms with van der Waals surface area (Å²) in [5, 5.41) is 9.92. The minimum atomic E-state index is -0.612. The molecule has 0 radical (unpaired) electrons. The topological polar surface area (TPSA) is 49.5 Å². The lowest BCUT2D eigenvalue weighted by Crippen LogP contribution is -2.34. The summed E-state index contributed by atoms with van der Waals surface area (Å²) in [6.07, 6.45) is -0.612. The molecule has 1 aliphatic rings. The Balaban J connectivity index is 2.41. The molecule has 1 heterocycles. The Bertz CT molecular complexity index is 408. The van der Waals surface area contributed by atoms with E-state index in [1.54, 1.807) is 6.07 Å². The first kappa shape index (κ1) is 12.3. The fraction of sp³-hybridized carbons (Fsp3) is 0.538. The summed E-state index contributed by atoms with van der Waals surface area (Å²) in [6, 6.07) is 5.09. The molecule has 2 atom stereocenters. The Morgan fingerprint density at radius 2 is 2.24 bits per heavy atom. The molecule has 1 aromatic rings. The summed E-state index contributed by atoms with van der Waals surface area (Å²) < 4.78 is 13.3. The summed E-state index contributed by atoms with van der Waals surface area (Å²) in [4.78, 5) is 2.18. The number of hydrogen-bond donors (Lipinski definition) is 2. The van der Waals surface area contributed by atoms with Gasteiger partial charge in [0.25, 0.3) is 0 Å². The Kier molecular flexibility index (Phi) is 3.35. The zero-order valence-electron chi connectivity index (χ0n) is 10.2. The first-order valence-electron chi connectivity index (χ1n) is 5.98. The van der Waals surface area contributed by atoms with Crippen LogP contribution in [-0.4, -0.2) is 30.3 Å². The van der Waals surface area contributed by atoms with Gasteiger partial charge in [-0.15, -0.1) is 0 Å². The Hall–Kier alpha value is -1.13. The van der Waals surface area contributed by atoms with Crippen LogP contribution in [0.2, 0.25) is 0 Å². The van der Waals surface area contributed by atoms with Gasteiger partial charge in [0.05, 0.1) is 6.10 Å². The summed E-state index contributed by atoms with van der Waals surface area (Å²) in [7, 11) is 0. The van der Waals surface area contributed by atoms with Crippen LogP contribution in [0, 0.1) is 5.82 Å². The van der Waals surface area contributed by atoms with Crippen molar-refractivity contribution in [2.45, 2.75) is 31.9 Å². The van der Waals surface area contributed by atoms with Gasteiger partial charge in [-0.3, -0.25) is 0 Å². The van der Waals surface area contributed by atoms with Gasteiger partial charge in [-0.2, -0.15) is 0 Å². The average Bonchev–Trinajstić information content (AvgIpc) is 2.66. The minimum absolute atomic E-state index is 0.0897. The van der Waals surface area contributed by atoms with Gasteiger partial charge in [-0.05, 0) is 37.6 Å². The molecule has 0 aromatic heterocycles. The number of halogens is 1. The number of rotatable bonds is 3. The van der Waals surface area contributed by atoms with Crippen molar-refractivity contribution in [3.05, 3.63) is 29.6 Å². The quantitative estimate of drug-likeness (QED) is 0.838. The molecule has 1 aromatic carbocycles. The molecule has 0 aliphatic carbocycles. The maximum absolute atomic E-state index is 13.3. The fourth-order valence-corrected chi connectivity index (χ4v) is 2.47. The third-order valence-corrected chi connectivity index (χ3v) is 3.42. The van der Waals surface area contributed by atoms with Crippen molar-refractivity contribution in [1.29, 1.82) is 0 Å². The molecule has 3 nitrogen and oxygen atoms in total. The fourth-order valence-electron chi connectivity index (χ4n) is 2.47. The molecule has 0 saturated carbocycles. The number of aliphatic hydroxyl groups is 1. The molecular weight excluding hydrogens is 219 g/mol. The lowest BCUT2D eigenvalue weighted by Gasteiger charge is -2.25. The second-order valence-corrected chi connectivity index (χ2v) is 4.86. The van der Waals surface area contributed by atoms with Crippen LogP contribution in [0.4, 0.5) is 10.1 Å². The maximum Gasteiger partial charge on any atom is 0.123 e. The number of nitrogens with two attached hydrogens (primary N) is 1. The van der Waals surface area contributed by atoms with Gasteiger partial charge in [0.1, 0.15) is 5.82 Å². The van der Waals surface area contributed by atoms with Gasteiger partial charge in [-0.1, -0.05) is 0 Å². The molecule has 0 amide bonds. The number of anilines is 1. The molecule has 0 spiro atoms. The molecule has 0 fully saturated rings. The van der Waals surface area contributed by atoms with Crippen molar-refractivity contribution >= 4 is 5.69 Å². The number of hydrogen-bond acceptors (Lipinski definition) is 3. The highest BCUT2D eigenvalue weighted by Gasteiger charge is 2.34. The van der Waals surface area contributed by atoms with Crippen LogP contribution in [0.15, 0.2) is 18.2 Å². The van der Waals surface area contributed by atoms with E-state index in [2.05, 4.69) is 18.7 Å². The number of nitrogens with zero attached hydrogens (tertiary/aromatic N) is 1. The van der Waals surface area contributed by atoms with E-state index in [4.69, 9.17) is 5.73 Å². The van der Waals surface area contributed by atoms with Crippen molar-refractivity contribution in [2.24, 2.45) is 5.73 Å². The van der Waals surface area contributed by atoms with Crippen LogP contribution >= 0.6 is 0 Å². The summed E-state index contributed by atoms with van der Waals surface area (Å²) in [6.45, 7) is 5.08. The van der Waals surface area contributed by atoms with Crippen molar-refractivity contribution in [3.8, 4) is 0 Å². The van der Waals surface area contributed by atoms with E-state index in [1.807, 2.05) is 0 Å². The second-order valence-electron chi connectivity index (χ2n) is 4.86. The molecule has 0 bridgehead atoms. The minimum Gasteiger partial charge on any atom is -0.391 e. The van der Waals surface area contributed by atoms with Gasteiger partial charge < -0.3 is 15.7 Å². The number of aliphatic hydroxyl groups excluding tert-OH is 1. The maximum atomic E-state index is 13.3. The highest BCUT2D eigenvalue weighted by molar-refractivity contribution is 5.61. The predicted octanol–water partition coefficient (Wildman–Crippen LogP) is 1.46. The Morgan fingerprint density at radius 3 is 2.82 bits per heavy atom. The highest BCUT2D eigenvalue weighted by atomic mass is 19.1. The number of fused-ring (bicyclic) bond motifs is 1. The third-order valence-electron chi connectivity index (χ3n) is 3.42. The SMILES string of the molecule is CC(C)N1CC(C(O)CN)c2cc(F)ccc21. The lowest BCUT2D eigenvalue weighted by molar-refractivity contribution is 0.155. The van der Waals surface area contributed by atoms with Gasteiger partial charge in [0.15, 0.2) is 0 Å². The molecule has 3 N–H and O–H groups in total. The molecule has 1 aliphatic heterocycles. The van der Waals surface area contributed by atoms with E-state index >= 15 is 0 Å². The van der Waals surface area contributed by atoms with Gasteiger partial charge in [0.2, 0.25) is 0 Å². The van der Waals surface area contributed by atoms with Crippen molar-refractivity contribution < 1.29 is 9.50 Å². The zero-order valence-corrected chi connectivity index (χ0v) is 10.2. The normalized spacial score (nSPS) is 20.8. The van der Waals surface area contributed by atoms with Gasteiger partial charge in [-0.25, -0.2) is 4.39 Å². The van der Waals surface area contributed by atoms with Crippen molar-refractivity contribution in [1.82, 2.24) is 0 Å². The van der Waals surface area contributed by atoms with E-state index in [9.17, 15) is 9.50 Å². The molecule has 4 heteroatoms. The summed E-state index contributed by atoms with van der Waals surface area (Å²) in [5.74, 6) is -0.350. The van der Waals surface area contributed by atoms with Gasteiger partial charge >= 0.3 is 0 Å². The largest absolute Gasteiger partial charge is 0.391 e. The van der Waals surface area contributed by atoms with E-state index in [0.717, 1.165) is 11.3 Å². The molecule has 0 saturated heterocycles. The van der Waals surface area contributed by atoms with Crippen LogP contribution < -0.4 is 10.6 Å². The smallest absolute Gasteiger partial charge is 0.123 e. The van der Waals surface area contributed by atoms with Crippen LogP contribution in [-0.2, 0) is 0 Å². The monoisotopic (exact) mass is 238 g/mol. The Labute approximate surface area is 101 Å². The summed E-state index contributed by atoms with van der Waals surface area (Å²) in [5.41, 5.74) is 7.39.